The second-order valence-corrected chi connectivity index (χ2v) is 7.22. The van der Waals surface area contributed by atoms with E-state index in [1.54, 1.807) is 6.20 Å². The Morgan fingerprint density at radius 1 is 1.23 bits per heavy atom. The van der Waals surface area contributed by atoms with E-state index in [0.717, 1.165) is 54.8 Å². The third-order valence-corrected chi connectivity index (χ3v) is 5.29. The summed E-state index contributed by atoms with van der Waals surface area (Å²) in [6.45, 7) is 0. The Morgan fingerprint density at radius 3 is 2.96 bits per heavy atom. The minimum Gasteiger partial charge on any atom is -0.440 e. The van der Waals surface area contributed by atoms with Gasteiger partial charge < -0.3 is 19.6 Å². The molecule has 3 aromatic rings. The molecule has 0 radical (unpaired) electrons. The Bertz CT molecular complexity index is 929. The van der Waals surface area contributed by atoms with Gasteiger partial charge in [-0.3, -0.25) is 0 Å². The number of carbonyl (C=O) groups is 1. The van der Waals surface area contributed by atoms with Crippen LogP contribution >= 0.6 is 0 Å². The summed E-state index contributed by atoms with van der Waals surface area (Å²) < 4.78 is 7.85. The van der Waals surface area contributed by atoms with Crippen molar-refractivity contribution in [3.8, 4) is 0 Å². The second-order valence-electron chi connectivity index (χ2n) is 7.22. The molecule has 2 N–H and O–H groups in total. The highest BCUT2D eigenvalue weighted by Gasteiger charge is 2.30. The SMILES string of the molecule is O=C(Nc1ccc2oc(C3CC3)nc2c1)NC1CCCC1n1ccnc1. The average molecular weight is 351 g/mol. The Morgan fingerprint density at radius 2 is 2.15 bits per heavy atom. The molecule has 2 atom stereocenters. The minimum atomic E-state index is -0.188. The molecule has 2 heterocycles. The largest absolute Gasteiger partial charge is 0.440 e. The van der Waals surface area contributed by atoms with E-state index in [-0.39, 0.29) is 18.1 Å². The van der Waals surface area contributed by atoms with Crippen LogP contribution in [0.15, 0.2) is 41.3 Å². The zero-order chi connectivity index (χ0) is 17.5. The van der Waals surface area contributed by atoms with Crippen LogP contribution in [0.2, 0.25) is 0 Å². The molecule has 7 nitrogen and oxygen atoms in total. The highest BCUT2D eigenvalue weighted by atomic mass is 16.3. The fourth-order valence-electron chi connectivity index (χ4n) is 3.79. The number of amides is 2. The standard InChI is InChI=1S/C19H21N5O2/c25-19(23-14-2-1-3-16(14)24-9-8-20-11-24)21-13-6-7-17-15(10-13)22-18(26-17)12-4-5-12/h6-12,14,16H,1-5H2,(H2,21,23,25). The number of urea groups is 1. The zero-order valence-electron chi connectivity index (χ0n) is 14.4. The molecule has 2 fully saturated rings. The number of hydrogen-bond donors (Lipinski definition) is 2. The molecule has 5 rings (SSSR count). The average Bonchev–Trinajstić information content (AvgIpc) is 3.01. The first kappa shape index (κ1) is 15.4. The Labute approximate surface area is 150 Å². The van der Waals surface area contributed by atoms with Crippen molar-refractivity contribution in [2.24, 2.45) is 0 Å². The maximum absolute atomic E-state index is 12.5. The van der Waals surface area contributed by atoms with Gasteiger partial charge in [-0.25, -0.2) is 14.8 Å². The van der Waals surface area contributed by atoms with E-state index in [1.165, 1.54) is 0 Å². The summed E-state index contributed by atoms with van der Waals surface area (Å²) in [5.74, 6) is 1.29. The van der Waals surface area contributed by atoms with E-state index in [0.29, 0.717) is 5.92 Å². The summed E-state index contributed by atoms with van der Waals surface area (Å²) in [5, 5.41) is 6.03. The number of nitrogens with one attached hydrogen (secondary N) is 2. The van der Waals surface area contributed by atoms with Crippen molar-refractivity contribution in [2.75, 3.05) is 5.32 Å². The predicted octanol–water partition coefficient (Wildman–Crippen LogP) is 3.82. The number of benzene rings is 1. The molecule has 0 bridgehead atoms. The van der Waals surface area contributed by atoms with Crippen molar-refractivity contribution < 1.29 is 9.21 Å². The molecule has 2 saturated carbocycles. The fourth-order valence-corrected chi connectivity index (χ4v) is 3.79. The molecule has 2 amide bonds. The monoisotopic (exact) mass is 351 g/mol. The third kappa shape index (κ3) is 2.94. The van der Waals surface area contributed by atoms with Gasteiger partial charge in [-0.1, -0.05) is 0 Å². The smallest absolute Gasteiger partial charge is 0.319 e. The number of anilines is 1. The van der Waals surface area contributed by atoms with Crippen molar-refractivity contribution >= 4 is 22.8 Å². The number of imidazole rings is 1. The highest BCUT2D eigenvalue weighted by Crippen LogP contribution is 2.40. The number of fused-ring (bicyclic) bond motifs is 1. The van der Waals surface area contributed by atoms with Crippen LogP contribution in [-0.2, 0) is 0 Å². The maximum atomic E-state index is 12.5. The van der Waals surface area contributed by atoms with Crippen molar-refractivity contribution in [3.05, 3.63) is 42.8 Å². The molecule has 1 aromatic carbocycles. The molecule has 2 aliphatic rings. The van der Waals surface area contributed by atoms with E-state index >= 15 is 0 Å². The number of aromatic nitrogens is 3. The van der Waals surface area contributed by atoms with Gasteiger partial charge in [-0.05, 0) is 50.3 Å². The van der Waals surface area contributed by atoms with Crippen LogP contribution in [-0.4, -0.2) is 26.6 Å². The normalized spacial score (nSPS) is 22.6. The summed E-state index contributed by atoms with van der Waals surface area (Å²) in [6.07, 6.45) is 11.0. The number of hydrogen-bond acceptors (Lipinski definition) is 4. The van der Waals surface area contributed by atoms with E-state index in [2.05, 4.69) is 25.2 Å². The first-order valence-electron chi connectivity index (χ1n) is 9.22. The van der Waals surface area contributed by atoms with E-state index in [9.17, 15) is 4.79 Å². The Balaban J connectivity index is 1.27. The van der Waals surface area contributed by atoms with Crippen LogP contribution in [0.3, 0.4) is 0 Å². The molecule has 134 valence electrons. The summed E-state index contributed by atoms with van der Waals surface area (Å²) in [4.78, 5) is 21.1. The quantitative estimate of drug-likeness (QED) is 0.748. The summed E-state index contributed by atoms with van der Waals surface area (Å²) in [6, 6.07) is 5.78. The number of nitrogens with zero attached hydrogens (tertiary/aromatic N) is 3. The van der Waals surface area contributed by atoms with Crippen molar-refractivity contribution in [1.29, 1.82) is 0 Å². The number of oxazole rings is 1. The van der Waals surface area contributed by atoms with Crippen molar-refractivity contribution in [3.63, 3.8) is 0 Å². The molecule has 0 spiro atoms. The van der Waals surface area contributed by atoms with Crippen LogP contribution < -0.4 is 10.6 Å². The molecular formula is C19H21N5O2. The molecular weight excluding hydrogens is 330 g/mol. The Hall–Kier alpha value is -2.83. The first-order chi connectivity index (χ1) is 12.8. The summed E-state index contributed by atoms with van der Waals surface area (Å²) in [5.41, 5.74) is 2.29. The van der Waals surface area contributed by atoms with E-state index in [4.69, 9.17) is 4.42 Å². The number of carbonyl (C=O) groups excluding carboxylic acids is 1. The van der Waals surface area contributed by atoms with Crippen molar-refractivity contribution in [1.82, 2.24) is 19.9 Å². The maximum Gasteiger partial charge on any atom is 0.319 e. The van der Waals surface area contributed by atoms with Gasteiger partial charge in [-0.2, -0.15) is 0 Å². The lowest BCUT2D eigenvalue weighted by Gasteiger charge is -2.22. The minimum absolute atomic E-state index is 0.112. The third-order valence-electron chi connectivity index (χ3n) is 5.29. The molecule has 7 heteroatoms. The number of rotatable bonds is 4. The van der Waals surface area contributed by atoms with Gasteiger partial charge in [0.15, 0.2) is 11.5 Å². The molecule has 0 saturated heterocycles. The van der Waals surface area contributed by atoms with Gasteiger partial charge in [0.25, 0.3) is 0 Å². The van der Waals surface area contributed by atoms with Gasteiger partial charge in [0.05, 0.1) is 18.4 Å². The lowest BCUT2D eigenvalue weighted by atomic mass is 10.2. The Kier molecular flexibility index (Phi) is 3.65. The van der Waals surface area contributed by atoms with Crippen LogP contribution in [0, 0.1) is 0 Å². The molecule has 2 aliphatic carbocycles. The van der Waals surface area contributed by atoms with Gasteiger partial charge in [0.1, 0.15) is 5.52 Å². The second kappa shape index (κ2) is 6.16. The van der Waals surface area contributed by atoms with E-state index in [1.807, 2.05) is 30.7 Å². The highest BCUT2D eigenvalue weighted by molar-refractivity contribution is 5.91. The topological polar surface area (TPSA) is 85.0 Å². The molecule has 26 heavy (non-hydrogen) atoms. The van der Waals surface area contributed by atoms with Gasteiger partial charge >= 0.3 is 6.03 Å². The van der Waals surface area contributed by atoms with Gasteiger partial charge in [-0.15, -0.1) is 0 Å². The molecule has 2 unspecified atom stereocenters. The lowest BCUT2D eigenvalue weighted by molar-refractivity contribution is 0.245. The van der Waals surface area contributed by atoms with Crippen LogP contribution in [0.1, 0.15) is 50.0 Å². The molecule has 2 aromatic heterocycles. The first-order valence-corrected chi connectivity index (χ1v) is 9.22. The fraction of sp³-hybridized carbons (Fsp3) is 0.421. The van der Waals surface area contributed by atoms with Crippen LogP contribution in [0.5, 0.6) is 0 Å². The zero-order valence-corrected chi connectivity index (χ0v) is 14.4. The predicted molar refractivity (Wildman–Crippen MR) is 97.0 cm³/mol. The summed E-state index contributed by atoms with van der Waals surface area (Å²) >= 11 is 0. The van der Waals surface area contributed by atoms with Crippen LogP contribution in [0.25, 0.3) is 11.1 Å². The van der Waals surface area contributed by atoms with Gasteiger partial charge in [0, 0.05) is 24.0 Å². The van der Waals surface area contributed by atoms with Crippen molar-refractivity contribution in [2.45, 2.75) is 50.1 Å². The lowest BCUT2D eigenvalue weighted by Crippen LogP contribution is -2.40. The van der Waals surface area contributed by atoms with E-state index < -0.39 is 0 Å². The van der Waals surface area contributed by atoms with Crippen LogP contribution in [0.4, 0.5) is 10.5 Å². The summed E-state index contributed by atoms with van der Waals surface area (Å²) in [7, 11) is 0. The molecule has 0 aliphatic heterocycles. The van der Waals surface area contributed by atoms with Gasteiger partial charge in [0.2, 0.25) is 0 Å².